The Morgan fingerprint density at radius 3 is 2.66 bits per heavy atom. The van der Waals surface area contributed by atoms with Crippen LogP contribution in [0.25, 0.3) is 0 Å². The summed E-state index contributed by atoms with van der Waals surface area (Å²) < 4.78 is 11.9. The Morgan fingerprint density at radius 1 is 1.03 bits per heavy atom. The molecule has 1 amide bonds. The van der Waals surface area contributed by atoms with E-state index in [1.807, 2.05) is 42.5 Å². The summed E-state index contributed by atoms with van der Waals surface area (Å²) in [5, 5.41) is 3.46. The molecule has 182 valence electrons. The van der Waals surface area contributed by atoms with E-state index in [0.29, 0.717) is 13.0 Å². The molecule has 35 heavy (non-hydrogen) atoms. The van der Waals surface area contributed by atoms with Crippen molar-refractivity contribution in [2.75, 3.05) is 20.2 Å². The summed E-state index contributed by atoms with van der Waals surface area (Å²) in [4.78, 5) is 19.5. The third-order valence-electron chi connectivity index (χ3n) is 7.26. The van der Waals surface area contributed by atoms with Gasteiger partial charge in [0.15, 0.2) is 0 Å². The molecule has 1 spiro atoms. The van der Waals surface area contributed by atoms with Gasteiger partial charge >= 0.3 is 0 Å². The second-order valence-corrected chi connectivity index (χ2v) is 9.59. The van der Waals surface area contributed by atoms with Crippen LogP contribution in [-0.2, 0) is 17.9 Å². The van der Waals surface area contributed by atoms with Gasteiger partial charge in [0.05, 0.1) is 18.3 Å². The molecule has 6 heteroatoms. The SMILES string of the molecule is COc1ccccc1[C@@H]1CN(Cc2ccccc2OCc2ccccn2)C[C@]12CCCCC(=O)N2. The first-order valence-corrected chi connectivity index (χ1v) is 12.4. The number of amides is 1. The van der Waals surface area contributed by atoms with Gasteiger partial charge in [-0.15, -0.1) is 0 Å². The Balaban J connectivity index is 1.40. The zero-order valence-corrected chi connectivity index (χ0v) is 20.3. The first-order chi connectivity index (χ1) is 17.2. The van der Waals surface area contributed by atoms with E-state index in [1.54, 1.807) is 13.3 Å². The zero-order valence-electron chi connectivity index (χ0n) is 20.3. The monoisotopic (exact) mass is 471 g/mol. The Kier molecular flexibility index (Phi) is 7.00. The van der Waals surface area contributed by atoms with Crippen LogP contribution in [-0.4, -0.2) is 41.5 Å². The summed E-state index contributed by atoms with van der Waals surface area (Å²) in [7, 11) is 1.72. The van der Waals surface area contributed by atoms with Crippen molar-refractivity contribution in [3.05, 3.63) is 89.7 Å². The summed E-state index contributed by atoms with van der Waals surface area (Å²) in [5.41, 5.74) is 2.91. The van der Waals surface area contributed by atoms with Crippen molar-refractivity contribution in [2.45, 2.75) is 50.3 Å². The number of aromatic nitrogens is 1. The standard InChI is InChI=1S/C29H33N3O3/c1-34-27-14-5-3-12-24(27)25-19-32(21-29(25)16-8-6-15-28(33)31-29)18-22-10-2-4-13-26(22)35-20-23-11-7-9-17-30-23/h2-5,7,9-14,17,25H,6,8,15-16,18-21H2,1H3,(H,31,33)/t25-,29+/m0/s1. The number of ether oxygens (including phenoxy) is 2. The van der Waals surface area contributed by atoms with Gasteiger partial charge < -0.3 is 14.8 Å². The van der Waals surface area contributed by atoms with Crippen molar-refractivity contribution in [3.63, 3.8) is 0 Å². The summed E-state index contributed by atoms with van der Waals surface area (Å²) >= 11 is 0. The van der Waals surface area contributed by atoms with Gasteiger partial charge in [-0.05, 0) is 37.1 Å². The van der Waals surface area contributed by atoms with Crippen LogP contribution >= 0.6 is 0 Å². The smallest absolute Gasteiger partial charge is 0.220 e. The summed E-state index contributed by atoms with van der Waals surface area (Å²) in [6, 6.07) is 22.3. The quantitative estimate of drug-likeness (QED) is 0.541. The van der Waals surface area contributed by atoms with Crippen LogP contribution in [0.4, 0.5) is 0 Å². The summed E-state index contributed by atoms with van der Waals surface area (Å²) in [5.74, 6) is 2.07. The lowest BCUT2D eigenvalue weighted by atomic mass is 9.78. The molecule has 2 saturated heterocycles. The number of rotatable bonds is 7. The van der Waals surface area contributed by atoms with Gasteiger partial charge in [0.25, 0.3) is 0 Å². The molecule has 3 heterocycles. The number of nitrogens with one attached hydrogen (secondary N) is 1. The summed E-state index contributed by atoms with van der Waals surface area (Å²) in [6.45, 7) is 2.83. The zero-order chi connectivity index (χ0) is 24.1. The predicted molar refractivity (Wildman–Crippen MR) is 135 cm³/mol. The Bertz CT molecular complexity index is 1150. The van der Waals surface area contributed by atoms with Crippen LogP contribution in [0.3, 0.4) is 0 Å². The van der Waals surface area contributed by atoms with Crippen LogP contribution in [0, 0.1) is 0 Å². The maximum Gasteiger partial charge on any atom is 0.220 e. The van der Waals surface area contributed by atoms with Crippen molar-refractivity contribution in [1.82, 2.24) is 15.2 Å². The van der Waals surface area contributed by atoms with E-state index in [-0.39, 0.29) is 17.4 Å². The number of hydrogen-bond acceptors (Lipinski definition) is 5. The van der Waals surface area contributed by atoms with Gasteiger partial charge in [-0.1, -0.05) is 48.9 Å². The minimum absolute atomic E-state index is 0.155. The number of carbonyl (C=O) groups excluding carboxylic acids is 1. The number of para-hydroxylation sites is 2. The third-order valence-corrected chi connectivity index (χ3v) is 7.26. The maximum absolute atomic E-state index is 12.7. The molecule has 1 N–H and O–H groups in total. The molecule has 1 aromatic heterocycles. The van der Waals surface area contributed by atoms with Crippen molar-refractivity contribution in [1.29, 1.82) is 0 Å². The van der Waals surface area contributed by atoms with E-state index in [2.05, 4.69) is 39.5 Å². The topological polar surface area (TPSA) is 63.7 Å². The molecule has 2 fully saturated rings. The van der Waals surface area contributed by atoms with Crippen LogP contribution in [0.2, 0.25) is 0 Å². The number of pyridine rings is 1. The molecule has 0 aliphatic carbocycles. The van der Waals surface area contributed by atoms with E-state index in [4.69, 9.17) is 9.47 Å². The number of carbonyl (C=O) groups is 1. The molecule has 0 unspecified atom stereocenters. The molecule has 6 nitrogen and oxygen atoms in total. The van der Waals surface area contributed by atoms with Crippen LogP contribution in [0.5, 0.6) is 11.5 Å². The molecule has 0 bridgehead atoms. The molecule has 0 saturated carbocycles. The molecule has 0 radical (unpaired) electrons. The number of nitrogens with zero attached hydrogens (tertiary/aromatic N) is 2. The van der Waals surface area contributed by atoms with Crippen LogP contribution in [0.1, 0.15) is 48.4 Å². The Labute approximate surface area is 207 Å². The normalized spacial score (nSPS) is 22.5. The van der Waals surface area contributed by atoms with Crippen molar-refractivity contribution >= 4 is 5.91 Å². The highest BCUT2D eigenvalue weighted by molar-refractivity contribution is 5.77. The van der Waals surface area contributed by atoms with Crippen molar-refractivity contribution < 1.29 is 14.3 Å². The molecule has 2 atom stereocenters. The lowest BCUT2D eigenvalue weighted by Crippen LogP contribution is -2.52. The second-order valence-electron chi connectivity index (χ2n) is 9.59. The molecule has 5 rings (SSSR count). The fourth-order valence-corrected chi connectivity index (χ4v) is 5.64. The molecule has 2 aromatic carbocycles. The van der Waals surface area contributed by atoms with Gasteiger partial charge in [0.1, 0.15) is 18.1 Å². The van der Waals surface area contributed by atoms with Gasteiger partial charge in [0, 0.05) is 49.3 Å². The second kappa shape index (κ2) is 10.5. The van der Waals surface area contributed by atoms with Crippen molar-refractivity contribution in [2.24, 2.45) is 0 Å². The van der Waals surface area contributed by atoms with E-state index in [1.165, 1.54) is 5.56 Å². The van der Waals surface area contributed by atoms with Crippen molar-refractivity contribution in [3.8, 4) is 11.5 Å². The highest BCUT2D eigenvalue weighted by atomic mass is 16.5. The van der Waals surface area contributed by atoms with Crippen LogP contribution < -0.4 is 14.8 Å². The Morgan fingerprint density at radius 2 is 1.83 bits per heavy atom. The average molecular weight is 472 g/mol. The first kappa shape index (κ1) is 23.4. The van der Waals surface area contributed by atoms with Gasteiger partial charge in [-0.25, -0.2) is 0 Å². The van der Waals surface area contributed by atoms with E-state index in [9.17, 15) is 4.79 Å². The number of likely N-dealkylation sites (tertiary alicyclic amines) is 1. The molecule has 3 aromatic rings. The number of benzene rings is 2. The van der Waals surface area contributed by atoms with Gasteiger partial charge in [0.2, 0.25) is 5.91 Å². The fourth-order valence-electron chi connectivity index (χ4n) is 5.64. The maximum atomic E-state index is 12.7. The summed E-state index contributed by atoms with van der Waals surface area (Å²) in [6.07, 6.45) is 5.34. The molecule has 2 aliphatic heterocycles. The van der Waals surface area contributed by atoms with Crippen LogP contribution in [0.15, 0.2) is 72.9 Å². The highest BCUT2D eigenvalue weighted by Crippen LogP contribution is 2.44. The van der Waals surface area contributed by atoms with Gasteiger partial charge in [-0.2, -0.15) is 0 Å². The van der Waals surface area contributed by atoms with E-state index < -0.39 is 0 Å². The van der Waals surface area contributed by atoms with E-state index in [0.717, 1.165) is 61.7 Å². The highest BCUT2D eigenvalue weighted by Gasteiger charge is 2.49. The van der Waals surface area contributed by atoms with Gasteiger partial charge in [-0.3, -0.25) is 14.7 Å². The first-order valence-electron chi connectivity index (χ1n) is 12.4. The third kappa shape index (κ3) is 5.17. The number of methoxy groups -OCH3 is 1. The fraction of sp³-hybridized carbons (Fsp3) is 0.379. The van der Waals surface area contributed by atoms with E-state index >= 15 is 0 Å². The minimum atomic E-state index is -0.300. The predicted octanol–water partition coefficient (Wildman–Crippen LogP) is 4.70. The molecule has 2 aliphatic rings. The molecular formula is C29H33N3O3. The minimum Gasteiger partial charge on any atom is -0.496 e. The number of hydrogen-bond donors (Lipinski definition) is 1. The average Bonchev–Trinajstić information content (AvgIpc) is 3.11. The Hall–Kier alpha value is -3.38. The lowest BCUT2D eigenvalue weighted by molar-refractivity contribution is -0.122. The lowest BCUT2D eigenvalue weighted by Gasteiger charge is -2.35. The largest absolute Gasteiger partial charge is 0.496 e. The molecular weight excluding hydrogens is 438 g/mol.